The highest BCUT2D eigenvalue weighted by molar-refractivity contribution is 5.87. The van der Waals surface area contributed by atoms with Crippen LogP contribution in [0.2, 0.25) is 0 Å². The Morgan fingerprint density at radius 3 is 2.52 bits per heavy atom. The van der Waals surface area contributed by atoms with E-state index in [1.807, 2.05) is 44.2 Å². The number of hydrogen-bond acceptors (Lipinski definition) is 5. The van der Waals surface area contributed by atoms with Gasteiger partial charge < -0.3 is 15.1 Å². The maximum absolute atomic E-state index is 12.1. The number of likely N-dealkylation sites (N-methyl/N-ethyl adjacent to an activating group) is 1. The summed E-state index contributed by atoms with van der Waals surface area (Å²) in [6.45, 7) is 4.01. The van der Waals surface area contributed by atoms with E-state index in [1.165, 1.54) is 0 Å². The molecule has 1 atom stereocenters. The van der Waals surface area contributed by atoms with Gasteiger partial charge in [0.05, 0.1) is 0 Å². The molecule has 0 fully saturated rings. The van der Waals surface area contributed by atoms with Crippen molar-refractivity contribution in [2.45, 2.75) is 39.2 Å². The molecule has 7 nitrogen and oxygen atoms in total. The standard InChI is InChI=1S/C18H24N4O3/c1-12(2)11-14(17(24)19-3)20-15(23)9-10-16-21-22-18(25-16)13-7-5-4-6-8-13/h4-8,12,14H,9-11H2,1-3H3,(H,19,24)(H,20,23). The number of hydrogen-bond donors (Lipinski definition) is 2. The fraction of sp³-hybridized carbons (Fsp3) is 0.444. The Labute approximate surface area is 147 Å². The Balaban J connectivity index is 1.89. The molecule has 2 amide bonds. The zero-order valence-electron chi connectivity index (χ0n) is 14.8. The molecule has 134 valence electrons. The van der Waals surface area contributed by atoms with Crippen LogP contribution in [0, 0.1) is 5.92 Å². The summed E-state index contributed by atoms with van der Waals surface area (Å²) in [4.78, 5) is 24.0. The predicted octanol–water partition coefficient (Wildman–Crippen LogP) is 1.95. The fourth-order valence-corrected chi connectivity index (χ4v) is 2.42. The summed E-state index contributed by atoms with van der Waals surface area (Å²) >= 11 is 0. The number of aromatic nitrogens is 2. The number of amides is 2. The smallest absolute Gasteiger partial charge is 0.247 e. The lowest BCUT2D eigenvalue weighted by molar-refractivity contribution is -0.129. The van der Waals surface area contributed by atoms with Gasteiger partial charge in [-0.15, -0.1) is 10.2 Å². The van der Waals surface area contributed by atoms with E-state index in [-0.39, 0.29) is 18.2 Å². The van der Waals surface area contributed by atoms with Crippen molar-refractivity contribution in [1.82, 2.24) is 20.8 Å². The number of rotatable bonds is 8. The van der Waals surface area contributed by atoms with Crippen LogP contribution in [0.4, 0.5) is 0 Å². The average Bonchev–Trinajstić information content (AvgIpc) is 3.08. The summed E-state index contributed by atoms with van der Waals surface area (Å²) in [7, 11) is 1.56. The van der Waals surface area contributed by atoms with Gasteiger partial charge in [-0.05, 0) is 24.5 Å². The molecule has 1 heterocycles. The van der Waals surface area contributed by atoms with Gasteiger partial charge in [0, 0.05) is 25.5 Å². The molecule has 2 N–H and O–H groups in total. The van der Waals surface area contributed by atoms with Crippen LogP contribution in [-0.2, 0) is 16.0 Å². The van der Waals surface area contributed by atoms with E-state index in [0.29, 0.717) is 30.5 Å². The van der Waals surface area contributed by atoms with Gasteiger partial charge in [-0.2, -0.15) is 0 Å². The monoisotopic (exact) mass is 344 g/mol. The molecule has 2 rings (SSSR count). The van der Waals surface area contributed by atoms with Crippen LogP contribution in [0.25, 0.3) is 11.5 Å². The van der Waals surface area contributed by atoms with Gasteiger partial charge in [-0.25, -0.2) is 0 Å². The van der Waals surface area contributed by atoms with E-state index in [2.05, 4.69) is 20.8 Å². The van der Waals surface area contributed by atoms with Crippen LogP contribution >= 0.6 is 0 Å². The van der Waals surface area contributed by atoms with Gasteiger partial charge in [0.1, 0.15) is 6.04 Å². The minimum absolute atomic E-state index is 0.183. The van der Waals surface area contributed by atoms with Crippen LogP contribution in [0.15, 0.2) is 34.7 Å². The van der Waals surface area contributed by atoms with Crippen molar-refractivity contribution in [2.24, 2.45) is 5.92 Å². The molecule has 0 aliphatic rings. The van der Waals surface area contributed by atoms with E-state index in [4.69, 9.17) is 4.42 Å². The second-order valence-corrected chi connectivity index (χ2v) is 6.23. The number of carbonyl (C=O) groups excluding carboxylic acids is 2. The molecule has 0 aliphatic heterocycles. The van der Waals surface area contributed by atoms with Crippen LogP contribution in [0.1, 0.15) is 32.6 Å². The molecule has 0 spiro atoms. The number of nitrogens with zero attached hydrogens (tertiary/aromatic N) is 2. The molecular formula is C18H24N4O3. The first-order chi connectivity index (χ1) is 12.0. The number of aryl methyl sites for hydroxylation is 1. The van der Waals surface area contributed by atoms with Crippen molar-refractivity contribution in [3.8, 4) is 11.5 Å². The Morgan fingerprint density at radius 2 is 1.88 bits per heavy atom. The molecule has 1 unspecified atom stereocenters. The average molecular weight is 344 g/mol. The van der Waals surface area contributed by atoms with E-state index >= 15 is 0 Å². The first-order valence-electron chi connectivity index (χ1n) is 8.38. The lowest BCUT2D eigenvalue weighted by Gasteiger charge is -2.18. The second kappa shape index (κ2) is 8.96. The summed E-state index contributed by atoms with van der Waals surface area (Å²) in [6, 6.07) is 8.92. The highest BCUT2D eigenvalue weighted by atomic mass is 16.4. The van der Waals surface area contributed by atoms with Crippen LogP contribution in [-0.4, -0.2) is 35.1 Å². The zero-order valence-corrected chi connectivity index (χ0v) is 14.8. The molecule has 1 aromatic carbocycles. The van der Waals surface area contributed by atoms with Crippen molar-refractivity contribution in [2.75, 3.05) is 7.05 Å². The first kappa shape index (κ1) is 18.6. The first-order valence-corrected chi connectivity index (χ1v) is 8.38. The third kappa shape index (κ3) is 5.70. The van der Waals surface area contributed by atoms with Crippen molar-refractivity contribution >= 4 is 11.8 Å². The maximum Gasteiger partial charge on any atom is 0.247 e. The Bertz CT molecular complexity index is 697. The quantitative estimate of drug-likeness (QED) is 0.763. The molecule has 7 heteroatoms. The van der Waals surface area contributed by atoms with Gasteiger partial charge in [0.2, 0.25) is 23.6 Å². The maximum atomic E-state index is 12.1. The predicted molar refractivity (Wildman–Crippen MR) is 93.5 cm³/mol. The highest BCUT2D eigenvalue weighted by Crippen LogP contribution is 2.17. The zero-order chi connectivity index (χ0) is 18.2. The molecule has 2 aromatic rings. The van der Waals surface area contributed by atoms with Crippen molar-refractivity contribution in [3.63, 3.8) is 0 Å². The normalized spacial score (nSPS) is 12.0. The van der Waals surface area contributed by atoms with Gasteiger partial charge in [0.15, 0.2) is 0 Å². The lowest BCUT2D eigenvalue weighted by Crippen LogP contribution is -2.46. The van der Waals surface area contributed by atoms with Gasteiger partial charge in [0.25, 0.3) is 0 Å². The van der Waals surface area contributed by atoms with Gasteiger partial charge in [-0.1, -0.05) is 32.0 Å². The van der Waals surface area contributed by atoms with E-state index < -0.39 is 6.04 Å². The van der Waals surface area contributed by atoms with Crippen molar-refractivity contribution in [1.29, 1.82) is 0 Å². The molecule has 1 aromatic heterocycles. The molecule has 25 heavy (non-hydrogen) atoms. The Kier molecular flexibility index (Phi) is 6.68. The summed E-state index contributed by atoms with van der Waals surface area (Å²) in [5.74, 6) is 0.722. The number of carbonyl (C=O) groups is 2. The molecule has 0 aliphatic carbocycles. The summed E-state index contributed by atoms with van der Waals surface area (Å²) < 4.78 is 5.58. The van der Waals surface area contributed by atoms with Crippen LogP contribution in [0.3, 0.4) is 0 Å². The molecule has 0 saturated heterocycles. The number of benzene rings is 1. The molecule has 0 radical (unpaired) electrons. The molecular weight excluding hydrogens is 320 g/mol. The van der Waals surface area contributed by atoms with E-state index in [0.717, 1.165) is 5.56 Å². The van der Waals surface area contributed by atoms with Gasteiger partial charge in [-0.3, -0.25) is 9.59 Å². The second-order valence-electron chi connectivity index (χ2n) is 6.23. The molecule has 0 bridgehead atoms. The van der Waals surface area contributed by atoms with Crippen molar-refractivity contribution in [3.05, 3.63) is 36.2 Å². The van der Waals surface area contributed by atoms with E-state index in [9.17, 15) is 9.59 Å². The molecule has 0 saturated carbocycles. The highest BCUT2D eigenvalue weighted by Gasteiger charge is 2.21. The van der Waals surface area contributed by atoms with Crippen molar-refractivity contribution < 1.29 is 14.0 Å². The summed E-state index contributed by atoms with van der Waals surface area (Å²) in [6.07, 6.45) is 1.10. The minimum atomic E-state index is -0.528. The Hall–Kier alpha value is -2.70. The Morgan fingerprint density at radius 1 is 1.16 bits per heavy atom. The summed E-state index contributed by atoms with van der Waals surface area (Å²) in [5, 5.41) is 13.3. The topological polar surface area (TPSA) is 97.1 Å². The SMILES string of the molecule is CNC(=O)C(CC(C)C)NC(=O)CCc1nnc(-c2ccccc2)o1. The minimum Gasteiger partial charge on any atom is -0.421 e. The van der Waals surface area contributed by atoms with E-state index in [1.54, 1.807) is 7.05 Å². The fourth-order valence-electron chi connectivity index (χ4n) is 2.42. The summed E-state index contributed by atoms with van der Waals surface area (Å²) in [5.41, 5.74) is 0.835. The third-order valence-corrected chi connectivity index (χ3v) is 3.66. The van der Waals surface area contributed by atoms with Crippen LogP contribution in [0.5, 0.6) is 0 Å². The van der Waals surface area contributed by atoms with Crippen LogP contribution < -0.4 is 10.6 Å². The largest absolute Gasteiger partial charge is 0.421 e. The van der Waals surface area contributed by atoms with Gasteiger partial charge >= 0.3 is 0 Å². The lowest BCUT2D eigenvalue weighted by atomic mass is 10.0. The number of nitrogens with one attached hydrogen (secondary N) is 2. The third-order valence-electron chi connectivity index (χ3n) is 3.66.